The Labute approximate surface area is 255 Å². The van der Waals surface area contributed by atoms with Crippen LogP contribution in [-0.2, 0) is 0 Å². The molecule has 44 heavy (non-hydrogen) atoms. The van der Waals surface area contributed by atoms with Crippen molar-refractivity contribution in [1.29, 1.82) is 0 Å². The van der Waals surface area contributed by atoms with E-state index >= 15 is 0 Å². The monoisotopic (exact) mass is 561 g/mol. The Morgan fingerprint density at radius 2 is 0.932 bits per heavy atom. The quantitative estimate of drug-likeness (QED) is 0.199. The number of furan rings is 1. The minimum Gasteiger partial charge on any atom is -0.456 e. The van der Waals surface area contributed by atoms with Gasteiger partial charge in [-0.1, -0.05) is 115 Å². The zero-order valence-electron chi connectivity index (χ0n) is 23.9. The van der Waals surface area contributed by atoms with Gasteiger partial charge >= 0.3 is 0 Å². The van der Waals surface area contributed by atoms with Gasteiger partial charge in [-0.2, -0.15) is 0 Å². The van der Waals surface area contributed by atoms with Crippen LogP contribution in [0.4, 0.5) is 17.1 Å². The van der Waals surface area contributed by atoms with Gasteiger partial charge in [0.15, 0.2) is 0 Å². The highest BCUT2D eigenvalue weighted by atomic mass is 16.3. The average Bonchev–Trinajstić information content (AvgIpc) is 3.47. The molecule has 2 heteroatoms. The van der Waals surface area contributed by atoms with Crippen LogP contribution in [0, 0.1) is 0 Å². The van der Waals surface area contributed by atoms with E-state index < -0.39 is 0 Å². The molecule has 0 aliphatic carbocycles. The smallest absolute Gasteiger partial charge is 0.135 e. The molecule has 0 spiro atoms. The van der Waals surface area contributed by atoms with Crippen molar-refractivity contribution in [2.45, 2.75) is 0 Å². The highest BCUT2D eigenvalue weighted by Crippen LogP contribution is 2.41. The second-order valence-electron chi connectivity index (χ2n) is 11.4. The van der Waals surface area contributed by atoms with Crippen LogP contribution in [0.5, 0.6) is 0 Å². The van der Waals surface area contributed by atoms with E-state index in [4.69, 9.17) is 4.42 Å². The van der Waals surface area contributed by atoms with Crippen molar-refractivity contribution >= 4 is 71.3 Å². The summed E-state index contributed by atoms with van der Waals surface area (Å²) in [5, 5.41) is 9.83. The molecule has 0 fully saturated rings. The predicted molar refractivity (Wildman–Crippen MR) is 186 cm³/mol. The van der Waals surface area contributed by atoms with Crippen LogP contribution >= 0.6 is 0 Å². The summed E-state index contributed by atoms with van der Waals surface area (Å²) in [7, 11) is 0. The molecule has 0 aliphatic rings. The maximum absolute atomic E-state index is 6.18. The summed E-state index contributed by atoms with van der Waals surface area (Å²) in [6.45, 7) is 0. The van der Waals surface area contributed by atoms with Crippen molar-refractivity contribution in [3.63, 3.8) is 0 Å². The molecule has 9 rings (SSSR count). The summed E-state index contributed by atoms with van der Waals surface area (Å²) in [4.78, 5) is 2.35. The van der Waals surface area contributed by atoms with Crippen LogP contribution in [0.25, 0.3) is 65.4 Å². The lowest BCUT2D eigenvalue weighted by Crippen LogP contribution is -2.09. The van der Waals surface area contributed by atoms with E-state index in [1.165, 1.54) is 43.4 Å². The molecule has 206 valence electrons. The van der Waals surface area contributed by atoms with Crippen LogP contribution < -0.4 is 4.90 Å². The molecule has 0 atom stereocenters. The molecular weight excluding hydrogens is 534 g/mol. The zero-order chi connectivity index (χ0) is 29.0. The largest absolute Gasteiger partial charge is 0.456 e. The molecule has 9 aromatic rings. The Morgan fingerprint density at radius 3 is 1.80 bits per heavy atom. The van der Waals surface area contributed by atoms with E-state index in [0.717, 1.165) is 39.0 Å². The van der Waals surface area contributed by atoms with Crippen LogP contribution in [0.3, 0.4) is 0 Å². The Hall–Kier alpha value is -5.86. The summed E-state index contributed by atoms with van der Waals surface area (Å²) in [6.07, 6.45) is 0. The van der Waals surface area contributed by atoms with Crippen LogP contribution in [-0.4, -0.2) is 0 Å². The normalized spacial score (nSPS) is 11.6. The fraction of sp³-hybridized carbons (Fsp3) is 0. The highest BCUT2D eigenvalue weighted by molar-refractivity contribution is 6.20. The lowest BCUT2D eigenvalue weighted by Gasteiger charge is -2.26. The lowest BCUT2D eigenvalue weighted by molar-refractivity contribution is 0.669. The van der Waals surface area contributed by atoms with Crippen molar-refractivity contribution in [3.05, 3.63) is 164 Å². The number of rotatable bonds is 4. The number of anilines is 3. The second-order valence-corrected chi connectivity index (χ2v) is 11.4. The number of para-hydroxylation sites is 1. The summed E-state index contributed by atoms with van der Waals surface area (Å²) in [5.74, 6) is 0. The van der Waals surface area contributed by atoms with Gasteiger partial charge in [-0.25, -0.2) is 0 Å². The van der Waals surface area contributed by atoms with Crippen molar-refractivity contribution in [1.82, 2.24) is 0 Å². The molecule has 8 aromatic carbocycles. The molecule has 0 saturated heterocycles. The Bertz CT molecular complexity index is 2490. The van der Waals surface area contributed by atoms with Gasteiger partial charge in [0.25, 0.3) is 0 Å². The third-order valence-electron chi connectivity index (χ3n) is 8.82. The Balaban J connectivity index is 1.25. The molecule has 0 aliphatic heterocycles. The summed E-state index contributed by atoms with van der Waals surface area (Å²) in [6, 6.07) is 58.6. The third kappa shape index (κ3) is 3.96. The number of hydrogen-bond donors (Lipinski definition) is 0. The molecule has 2 nitrogen and oxygen atoms in total. The SMILES string of the molecule is c1ccc(-c2ccc(N(c3ccc4c(ccc5ccc6ccccc6c54)c3)c3ccc4oc5ccccc5c4c3)cc2)cc1. The summed E-state index contributed by atoms with van der Waals surface area (Å²) in [5.41, 5.74) is 7.50. The molecule has 1 heterocycles. The van der Waals surface area contributed by atoms with Gasteiger partial charge < -0.3 is 9.32 Å². The third-order valence-corrected chi connectivity index (χ3v) is 8.82. The van der Waals surface area contributed by atoms with E-state index in [1.54, 1.807) is 0 Å². The zero-order valence-corrected chi connectivity index (χ0v) is 23.9. The molecular formula is C42H27NO. The maximum atomic E-state index is 6.18. The molecule has 0 radical (unpaired) electrons. The molecule has 0 unspecified atom stereocenters. The van der Waals surface area contributed by atoms with Crippen LogP contribution in [0.15, 0.2) is 168 Å². The van der Waals surface area contributed by atoms with E-state index in [0.29, 0.717) is 0 Å². The summed E-state index contributed by atoms with van der Waals surface area (Å²) >= 11 is 0. The van der Waals surface area contributed by atoms with Crippen molar-refractivity contribution < 1.29 is 4.42 Å². The number of benzene rings is 8. The molecule has 0 saturated carbocycles. The first-order valence-electron chi connectivity index (χ1n) is 15.0. The van der Waals surface area contributed by atoms with Gasteiger partial charge in [0.1, 0.15) is 11.2 Å². The standard InChI is InChI=1S/C42H27NO/c1-2-8-28(9-3-1)29-18-20-33(21-19-29)43(35-23-25-41-39(27-35)38-12-6-7-13-40(38)44-41)34-22-24-37-32(26-34)17-16-31-15-14-30-10-4-5-11-36(30)42(31)37/h1-27H. The van der Waals surface area contributed by atoms with Crippen LogP contribution in [0.1, 0.15) is 0 Å². The van der Waals surface area contributed by atoms with Gasteiger partial charge in [0, 0.05) is 27.8 Å². The van der Waals surface area contributed by atoms with Gasteiger partial charge in [0.2, 0.25) is 0 Å². The second kappa shape index (κ2) is 9.86. The lowest BCUT2D eigenvalue weighted by atomic mass is 9.96. The maximum Gasteiger partial charge on any atom is 0.135 e. The van der Waals surface area contributed by atoms with Crippen LogP contribution in [0.2, 0.25) is 0 Å². The van der Waals surface area contributed by atoms with Crippen molar-refractivity contribution in [3.8, 4) is 11.1 Å². The fourth-order valence-electron chi connectivity index (χ4n) is 6.70. The Kier molecular flexibility index (Phi) is 5.54. The number of hydrogen-bond acceptors (Lipinski definition) is 2. The predicted octanol–water partition coefficient (Wildman–Crippen LogP) is 12.2. The number of nitrogens with zero attached hydrogens (tertiary/aromatic N) is 1. The Morgan fingerprint density at radius 1 is 0.341 bits per heavy atom. The minimum atomic E-state index is 0.895. The fourth-order valence-corrected chi connectivity index (χ4v) is 6.70. The van der Waals surface area contributed by atoms with Gasteiger partial charge in [-0.3, -0.25) is 0 Å². The van der Waals surface area contributed by atoms with E-state index in [1.807, 2.05) is 12.1 Å². The first-order valence-corrected chi connectivity index (χ1v) is 15.0. The molecule has 0 N–H and O–H groups in total. The molecule has 1 aromatic heterocycles. The molecule has 0 amide bonds. The van der Waals surface area contributed by atoms with Crippen molar-refractivity contribution in [2.24, 2.45) is 0 Å². The summed E-state index contributed by atoms with van der Waals surface area (Å²) < 4.78 is 6.18. The van der Waals surface area contributed by atoms with Gasteiger partial charge in [0.05, 0.1) is 0 Å². The van der Waals surface area contributed by atoms with Crippen molar-refractivity contribution in [2.75, 3.05) is 4.90 Å². The van der Waals surface area contributed by atoms with E-state index in [9.17, 15) is 0 Å². The minimum absolute atomic E-state index is 0.895. The van der Waals surface area contributed by atoms with E-state index in [-0.39, 0.29) is 0 Å². The average molecular weight is 562 g/mol. The van der Waals surface area contributed by atoms with E-state index in [2.05, 4.69) is 157 Å². The topological polar surface area (TPSA) is 16.4 Å². The first kappa shape index (κ1) is 24.7. The first-order chi connectivity index (χ1) is 21.8. The highest BCUT2D eigenvalue weighted by Gasteiger charge is 2.17. The van der Waals surface area contributed by atoms with Gasteiger partial charge in [-0.05, 0) is 92.0 Å². The molecule has 0 bridgehead atoms. The van der Waals surface area contributed by atoms with Gasteiger partial charge in [-0.15, -0.1) is 0 Å². The number of fused-ring (bicyclic) bond motifs is 8.